The smallest absolute Gasteiger partial charge is 0.161 e. The van der Waals surface area contributed by atoms with E-state index in [0.717, 1.165) is 28.2 Å². The minimum absolute atomic E-state index is 0.0822. The first-order valence-corrected chi connectivity index (χ1v) is 11.3. The molecule has 3 aromatic rings. The molecule has 6 heteroatoms. The molecule has 5 nitrogen and oxygen atoms in total. The van der Waals surface area contributed by atoms with Gasteiger partial charge < -0.3 is 20.1 Å². The van der Waals surface area contributed by atoms with Crippen molar-refractivity contribution in [1.29, 1.82) is 0 Å². The Morgan fingerprint density at radius 3 is 2.39 bits per heavy atom. The highest BCUT2D eigenvalue weighted by Crippen LogP contribution is 2.46. The van der Waals surface area contributed by atoms with Crippen LogP contribution in [0.15, 0.2) is 78.5 Å². The number of Topliss-reactive ketones (excluding diaryl/α,β-unsaturated/α-hetero) is 1. The van der Waals surface area contributed by atoms with Crippen LogP contribution in [-0.2, 0) is 4.79 Å². The molecule has 1 aliphatic heterocycles. The number of allylic oxidation sites excluding steroid dienone is 1. The predicted molar refractivity (Wildman–Crippen MR) is 131 cm³/mol. The van der Waals surface area contributed by atoms with Gasteiger partial charge >= 0.3 is 0 Å². The van der Waals surface area contributed by atoms with Gasteiger partial charge in [-0.05, 0) is 41.5 Å². The van der Waals surface area contributed by atoms with E-state index in [0.29, 0.717) is 22.9 Å². The summed E-state index contributed by atoms with van der Waals surface area (Å²) in [7, 11) is 3.23. The summed E-state index contributed by atoms with van der Waals surface area (Å²) in [6.07, 6.45) is 2.55. The van der Waals surface area contributed by atoms with E-state index in [9.17, 15) is 4.79 Å². The monoisotopic (exact) mass is 460 g/mol. The van der Waals surface area contributed by atoms with Crippen LogP contribution in [0.3, 0.4) is 0 Å². The van der Waals surface area contributed by atoms with E-state index in [1.807, 2.05) is 66.7 Å². The first-order valence-electron chi connectivity index (χ1n) is 10.9. The van der Waals surface area contributed by atoms with Crippen molar-refractivity contribution in [2.45, 2.75) is 18.4 Å². The van der Waals surface area contributed by atoms with Crippen molar-refractivity contribution in [2.24, 2.45) is 5.92 Å². The zero-order chi connectivity index (χ0) is 22.9. The Morgan fingerprint density at radius 2 is 1.64 bits per heavy atom. The Kier molecular flexibility index (Phi) is 5.73. The molecule has 0 radical (unpaired) electrons. The van der Waals surface area contributed by atoms with Gasteiger partial charge in [-0.15, -0.1) is 0 Å². The first-order chi connectivity index (χ1) is 16.1. The molecule has 33 heavy (non-hydrogen) atoms. The summed E-state index contributed by atoms with van der Waals surface area (Å²) >= 11 is 6.48. The Bertz CT molecular complexity index is 1240. The molecule has 2 N–H and O–H groups in total. The maximum atomic E-state index is 13.7. The number of carbonyl (C=O) groups is 1. The zero-order valence-corrected chi connectivity index (χ0v) is 19.2. The fourth-order valence-corrected chi connectivity index (χ4v) is 5.08. The van der Waals surface area contributed by atoms with Crippen LogP contribution in [0.5, 0.6) is 11.5 Å². The minimum Gasteiger partial charge on any atom is -0.493 e. The lowest BCUT2D eigenvalue weighted by atomic mass is 9.76. The second-order valence-corrected chi connectivity index (χ2v) is 8.71. The van der Waals surface area contributed by atoms with Gasteiger partial charge in [-0.2, -0.15) is 0 Å². The number of rotatable bonds is 4. The number of ether oxygens (including phenoxy) is 2. The van der Waals surface area contributed by atoms with Gasteiger partial charge in [0.15, 0.2) is 11.5 Å². The molecule has 0 spiro atoms. The molecular weight excluding hydrogens is 436 g/mol. The Labute approximate surface area is 198 Å². The molecule has 1 heterocycles. The van der Waals surface area contributed by atoms with E-state index in [2.05, 4.69) is 16.7 Å². The molecule has 3 unspecified atom stereocenters. The highest BCUT2D eigenvalue weighted by Gasteiger charge is 2.40. The fraction of sp³-hybridized carbons (Fsp3) is 0.222. The van der Waals surface area contributed by atoms with E-state index in [4.69, 9.17) is 21.1 Å². The largest absolute Gasteiger partial charge is 0.493 e. The van der Waals surface area contributed by atoms with Crippen LogP contribution in [-0.4, -0.2) is 20.0 Å². The van der Waals surface area contributed by atoms with Gasteiger partial charge in [-0.3, -0.25) is 4.79 Å². The minimum atomic E-state index is -0.380. The van der Waals surface area contributed by atoms with Crippen molar-refractivity contribution in [3.05, 3.63) is 94.7 Å². The van der Waals surface area contributed by atoms with Gasteiger partial charge in [0.1, 0.15) is 5.78 Å². The Morgan fingerprint density at radius 1 is 0.909 bits per heavy atom. The van der Waals surface area contributed by atoms with Crippen LogP contribution in [0.4, 0.5) is 11.4 Å². The molecule has 0 aromatic heterocycles. The number of ketones is 1. The van der Waals surface area contributed by atoms with Crippen LogP contribution in [0.25, 0.3) is 0 Å². The SMILES string of the molecule is COc1ccc(C2Nc3ccccc3NC3=CC(c4ccccc4Cl)CC(=O)C32)cc1OC. The maximum Gasteiger partial charge on any atom is 0.161 e. The van der Waals surface area contributed by atoms with E-state index in [1.165, 1.54) is 0 Å². The number of hydrogen-bond acceptors (Lipinski definition) is 5. The van der Waals surface area contributed by atoms with E-state index in [1.54, 1.807) is 14.2 Å². The quantitative estimate of drug-likeness (QED) is 0.486. The van der Waals surface area contributed by atoms with Gasteiger partial charge in [0, 0.05) is 23.1 Å². The van der Waals surface area contributed by atoms with Crippen molar-refractivity contribution < 1.29 is 14.3 Å². The van der Waals surface area contributed by atoms with Gasteiger partial charge in [-0.1, -0.05) is 54.1 Å². The molecule has 168 valence electrons. The average Bonchev–Trinajstić information content (AvgIpc) is 3.00. The third kappa shape index (κ3) is 3.93. The molecule has 0 bridgehead atoms. The molecular formula is C27H25ClN2O3. The average molecular weight is 461 g/mol. The number of fused-ring (bicyclic) bond motifs is 2. The van der Waals surface area contributed by atoms with Gasteiger partial charge in [-0.25, -0.2) is 0 Å². The van der Waals surface area contributed by atoms with Crippen LogP contribution in [0.1, 0.15) is 29.5 Å². The number of hydrogen-bond donors (Lipinski definition) is 2. The number of anilines is 2. The second kappa shape index (κ2) is 8.83. The van der Waals surface area contributed by atoms with Crippen LogP contribution >= 0.6 is 11.6 Å². The first kappa shape index (κ1) is 21.4. The van der Waals surface area contributed by atoms with Crippen molar-refractivity contribution in [1.82, 2.24) is 0 Å². The molecule has 3 atom stereocenters. The molecule has 0 amide bonds. The van der Waals surface area contributed by atoms with Crippen molar-refractivity contribution in [2.75, 3.05) is 24.9 Å². The maximum absolute atomic E-state index is 13.7. The van der Waals surface area contributed by atoms with Crippen LogP contribution in [0, 0.1) is 5.92 Å². The van der Waals surface area contributed by atoms with Crippen LogP contribution < -0.4 is 20.1 Å². The second-order valence-electron chi connectivity index (χ2n) is 8.31. The summed E-state index contributed by atoms with van der Waals surface area (Å²) in [6.45, 7) is 0. The van der Waals surface area contributed by atoms with E-state index >= 15 is 0 Å². The zero-order valence-electron chi connectivity index (χ0n) is 18.5. The van der Waals surface area contributed by atoms with Crippen LogP contribution in [0.2, 0.25) is 5.02 Å². The summed E-state index contributed by atoms with van der Waals surface area (Å²) in [5, 5.41) is 7.83. The fourth-order valence-electron chi connectivity index (χ4n) is 4.80. The number of benzene rings is 3. The molecule has 0 fully saturated rings. The lowest BCUT2D eigenvalue weighted by Gasteiger charge is -2.33. The molecule has 1 aliphatic carbocycles. The van der Waals surface area contributed by atoms with Crippen molar-refractivity contribution in [3.63, 3.8) is 0 Å². The summed E-state index contributed by atoms with van der Waals surface area (Å²) in [5.41, 5.74) is 4.67. The van der Waals surface area contributed by atoms with E-state index < -0.39 is 0 Å². The third-order valence-electron chi connectivity index (χ3n) is 6.41. The number of nitrogens with one attached hydrogen (secondary N) is 2. The summed E-state index contributed by atoms with van der Waals surface area (Å²) in [6, 6.07) is 21.3. The summed E-state index contributed by atoms with van der Waals surface area (Å²) in [5.74, 6) is 0.975. The highest BCUT2D eigenvalue weighted by atomic mass is 35.5. The standard InChI is InChI=1S/C27H25ClN2O3/c1-32-24-12-11-16(15-25(24)33-2)27-26-22(29-20-9-5-6-10-21(20)30-27)13-17(14-23(26)31)18-7-3-4-8-19(18)28/h3-13,15,17,26-27,29-30H,14H2,1-2H3. The number of halogens is 1. The molecule has 0 saturated heterocycles. The van der Waals surface area contributed by atoms with Crippen molar-refractivity contribution >= 4 is 28.8 Å². The third-order valence-corrected chi connectivity index (χ3v) is 6.75. The van der Waals surface area contributed by atoms with Gasteiger partial charge in [0.25, 0.3) is 0 Å². The number of methoxy groups -OCH3 is 2. The molecule has 3 aromatic carbocycles. The summed E-state index contributed by atoms with van der Waals surface area (Å²) in [4.78, 5) is 13.7. The number of carbonyl (C=O) groups excluding carboxylic acids is 1. The summed E-state index contributed by atoms with van der Waals surface area (Å²) < 4.78 is 10.9. The topological polar surface area (TPSA) is 59.6 Å². The van der Waals surface area contributed by atoms with E-state index in [-0.39, 0.29) is 23.7 Å². The molecule has 0 saturated carbocycles. The molecule has 2 aliphatic rings. The predicted octanol–water partition coefficient (Wildman–Crippen LogP) is 6.19. The van der Waals surface area contributed by atoms with Gasteiger partial charge in [0.2, 0.25) is 0 Å². The highest BCUT2D eigenvalue weighted by molar-refractivity contribution is 6.31. The Balaban J connectivity index is 1.63. The van der Waals surface area contributed by atoms with Crippen molar-refractivity contribution in [3.8, 4) is 11.5 Å². The van der Waals surface area contributed by atoms with Gasteiger partial charge in [0.05, 0.1) is 37.6 Å². The lowest BCUT2D eigenvalue weighted by Crippen LogP contribution is -2.33. The lowest BCUT2D eigenvalue weighted by molar-refractivity contribution is -0.122. The number of para-hydroxylation sites is 2. The molecule has 5 rings (SSSR count). The Hall–Kier alpha value is -3.44. The normalized spacial score (nSPS) is 21.5.